The Hall–Kier alpha value is 1.42. The minimum absolute atomic E-state index is 0.531. The Bertz CT molecular complexity index is 138. The van der Waals surface area contributed by atoms with E-state index in [2.05, 4.69) is 64.3 Å². The Labute approximate surface area is 96.4 Å². The van der Waals surface area contributed by atoms with Gasteiger partial charge in [-0.2, -0.15) is 0 Å². The van der Waals surface area contributed by atoms with Crippen LogP contribution < -0.4 is 5.32 Å². The molecule has 3 heteroatoms. The van der Waals surface area contributed by atoms with Crippen LogP contribution in [-0.4, -0.2) is 20.4 Å². The lowest BCUT2D eigenvalue weighted by Crippen LogP contribution is -2.49. The van der Waals surface area contributed by atoms with Crippen molar-refractivity contribution in [2.45, 2.75) is 27.6 Å². The maximum atomic E-state index is 3.43. The number of rotatable bonds is 1. The van der Waals surface area contributed by atoms with Gasteiger partial charge in [-0.3, -0.25) is 0 Å². The maximum absolute atomic E-state index is 3.43. The van der Waals surface area contributed by atoms with Crippen LogP contribution in [0, 0.1) is 5.92 Å². The largest absolute Gasteiger partial charge is 0.316 e. The highest BCUT2D eigenvalue weighted by Crippen LogP contribution is 2.40. The smallest absolute Gasteiger partial charge is 0.0387 e. The third kappa shape index (κ3) is 2.21. The highest BCUT2D eigenvalue weighted by atomic mass is 127. The van der Waals surface area contributed by atoms with Crippen molar-refractivity contribution >= 4 is 45.2 Å². The minimum atomic E-state index is 0.531. The second-order valence-corrected chi connectivity index (χ2v) is 7.02. The van der Waals surface area contributed by atoms with Crippen molar-refractivity contribution in [1.29, 1.82) is 0 Å². The summed E-state index contributed by atoms with van der Waals surface area (Å²) < 4.78 is 1.32. The van der Waals surface area contributed by atoms with Gasteiger partial charge in [-0.25, -0.2) is 0 Å². The first-order valence-electron chi connectivity index (χ1n) is 4.11. The molecule has 0 bridgehead atoms. The zero-order valence-electron chi connectivity index (χ0n) is 7.03. The van der Waals surface area contributed by atoms with Crippen molar-refractivity contribution in [3.63, 3.8) is 0 Å². The summed E-state index contributed by atoms with van der Waals surface area (Å²) in [6.45, 7) is 7.05. The molecule has 0 radical (unpaired) electrons. The fraction of sp³-hybridized carbons (Fsp3) is 1.00. The molecule has 1 fully saturated rings. The minimum Gasteiger partial charge on any atom is -0.316 e. The monoisotopic (exact) mass is 379 g/mol. The van der Waals surface area contributed by atoms with Crippen LogP contribution in [0.3, 0.4) is 0 Å². The van der Waals surface area contributed by atoms with Crippen LogP contribution in [0.25, 0.3) is 0 Å². The van der Waals surface area contributed by atoms with E-state index in [4.69, 9.17) is 0 Å². The number of nitrogens with one attached hydrogen (secondary N) is 1. The molecule has 66 valence electrons. The molecular weight excluding hydrogens is 364 g/mol. The third-order valence-corrected chi connectivity index (χ3v) is 7.77. The summed E-state index contributed by atoms with van der Waals surface area (Å²) in [5.41, 5.74) is 0. The summed E-state index contributed by atoms with van der Waals surface area (Å²) in [6, 6.07) is 0. The molecule has 0 aromatic carbocycles. The fourth-order valence-corrected chi connectivity index (χ4v) is 3.32. The lowest BCUT2D eigenvalue weighted by molar-refractivity contribution is 0.369. The van der Waals surface area contributed by atoms with Crippen LogP contribution in [0.15, 0.2) is 0 Å². The van der Waals surface area contributed by atoms with Gasteiger partial charge in [0.15, 0.2) is 0 Å². The van der Waals surface area contributed by atoms with E-state index in [-0.39, 0.29) is 0 Å². The first-order valence-corrected chi connectivity index (χ1v) is 6.43. The average Bonchev–Trinajstić information content (AvgIpc) is 1.95. The van der Waals surface area contributed by atoms with Gasteiger partial charge in [0.1, 0.15) is 0 Å². The summed E-state index contributed by atoms with van der Waals surface area (Å²) in [7, 11) is 0. The van der Waals surface area contributed by atoms with Gasteiger partial charge in [0.05, 0.1) is 0 Å². The van der Waals surface area contributed by atoms with Gasteiger partial charge in [0.2, 0.25) is 0 Å². The Balaban J connectivity index is 2.64. The number of hydrogen-bond acceptors (Lipinski definition) is 1. The number of piperidine rings is 1. The van der Waals surface area contributed by atoms with E-state index < -0.39 is 0 Å². The second-order valence-electron chi connectivity index (χ2n) is 3.50. The van der Waals surface area contributed by atoms with Gasteiger partial charge in [0, 0.05) is 13.9 Å². The molecule has 1 rings (SSSR count). The van der Waals surface area contributed by atoms with Crippen LogP contribution in [0.5, 0.6) is 0 Å². The average molecular weight is 379 g/mol. The highest BCUT2D eigenvalue weighted by molar-refractivity contribution is 14.1. The van der Waals surface area contributed by atoms with Crippen LogP contribution in [0.2, 0.25) is 0 Å². The Kier molecular flexibility index (Phi) is 3.90. The molecule has 1 heterocycles. The van der Waals surface area contributed by atoms with Crippen molar-refractivity contribution in [2.75, 3.05) is 13.1 Å². The Morgan fingerprint density at radius 2 is 2.18 bits per heavy atom. The zero-order chi connectivity index (χ0) is 8.48. The van der Waals surface area contributed by atoms with Gasteiger partial charge < -0.3 is 5.32 Å². The number of alkyl halides is 2. The molecule has 1 nitrogen and oxygen atoms in total. The quantitative estimate of drug-likeness (QED) is 0.546. The fourth-order valence-electron chi connectivity index (χ4n) is 1.49. The van der Waals surface area contributed by atoms with Crippen LogP contribution in [0.4, 0.5) is 0 Å². The predicted molar refractivity (Wildman–Crippen MR) is 66.9 cm³/mol. The van der Waals surface area contributed by atoms with Gasteiger partial charge in [-0.1, -0.05) is 59.0 Å². The lowest BCUT2D eigenvalue weighted by atomic mass is 9.87. The molecule has 1 N–H and O–H groups in total. The molecule has 0 saturated carbocycles. The Morgan fingerprint density at radius 3 is 2.55 bits per heavy atom. The lowest BCUT2D eigenvalue weighted by Gasteiger charge is -2.40. The van der Waals surface area contributed by atoms with E-state index in [0.717, 1.165) is 9.84 Å². The summed E-state index contributed by atoms with van der Waals surface area (Å²) in [4.78, 5) is 0. The maximum Gasteiger partial charge on any atom is 0.0387 e. The second kappa shape index (κ2) is 4.09. The molecular formula is C8H15I2N. The number of halogens is 2. The highest BCUT2D eigenvalue weighted by Gasteiger charge is 2.39. The summed E-state index contributed by atoms with van der Waals surface area (Å²) >= 11 is 5.24. The van der Waals surface area contributed by atoms with Crippen LogP contribution in [0.1, 0.15) is 20.3 Å². The van der Waals surface area contributed by atoms with Gasteiger partial charge in [0.25, 0.3) is 0 Å². The topological polar surface area (TPSA) is 12.0 Å². The molecule has 0 amide bonds. The SMILES string of the molecule is CC(C)[C@]1(I)CCNC[C@H]1I. The number of hydrogen-bond donors (Lipinski definition) is 1. The van der Waals surface area contributed by atoms with Gasteiger partial charge in [-0.05, 0) is 18.9 Å². The van der Waals surface area contributed by atoms with Crippen molar-refractivity contribution in [3.05, 3.63) is 0 Å². The summed E-state index contributed by atoms with van der Waals surface area (Å²) in [6.07, 6.45) is 1.32. The van der Waals surface area contributed by atoms with E-state index in [1.54, 1.807) is 0 Å². The van der Waals surface area contributed by atoms with Crippen molar-refractivity contribution in [2.24, 2.45) is 5.92 Å². The first-order chi connectivity index (χ1) is 5.07. The summed E-state index contributed by atoms with van der Waals surface area (Å²) in [5, 5.41) is 3.43. The van der Waals surface area contributed by atoms with Crippen molar-refractivity contribution in [3.8, 4) is 0 Å². The zero-order valence-corrected chi connectivity index (χ0v) is 11.3. The molecule has 11 heavy (non-hydrogen) atoms. The van der Waals surface area contributed by atoms with E-state index in [0.29, 0.717) is 3.42 Å². The first kappa shape index (κ1) is 10.5. The molecule has 0 aromatic rings. The molecule has 0 spiro atoms. The standard InChI is InChI=1S/C8H15I2N/c1-6(2)8(10)3-4-11-5-7(8)9/h6-7,11H,3-5H2,1-2H3/t7-,8-/m1/s1. The third-order valence-electron chi connectivity index (χ3n) is 2.49. The molecule has 1 aliphatic rings. The molecule has 0 unspecified atom stereocenters. The van der Waals surface area contributed by atoms with E-state index in [1.807, 2.05) is 0 Å². The van der Waals surface area contributed by atoms with E-state index in [1.165, 1.54) is 19.5 Å². The van der Waals surface area contributed by atoms with E-state index in [9.17, 15) is 0 Å². The molecule has 0 aliphatic carbocycles. The summed E-state index contributed by atoms with van der Waals surface area (Å²) in [5.74, 6) is 0.798. The van der Waals surface area contributed by atoms with Crippen molar-refractivity contribution in [1.82, 2.24) is 5.32 Å². The van der Waals surface area contributed by atoms with Crippen LogP contribution >= 0.6 is 45.2 Å². The Morgan fingerprint density at radius 1 is 1.55 bits per heavy atom. The normalized spacial score (nSPS) is 39.5. The predicted octanol–water partition coefficient (Wildman–Crippen LogP) is 2.61. The van der Waals surface area contributed by atoms with Gasteiger partial charge in [-0.15, -0.1) is 0 Å². The van der Waals surface area contributed by atoms with Crippen LogP contribution in [-0.2, 0) is 0 Å². The molecule has 0 aromatic heterocycles. The molecule has 1 saturated heterocycles. The van der Waals surface area contributed by atoms with E-state index >= 15 is 0 Å². The van der Waals surface area contributed by atoms with Crippen molar-refractivity contribution < 1.29 is 0 Å². The molecule has 2 atom stereocenters. The molecule has 1 aliphatic heterocycles. The van der Waals surface area contributed by atoms with Gasteiger partial charge >= 0.3 is 0 Å².